The summed E-state index contributed by atoms with van der Waals surface area (Å²) in [4.78, 5) is 8.84. The normalized spacial score (nSPS) is 20.2. The van der Waals surface area contributed by atoms with Gasteiger partial charge in [0.15, 0.2) is 0 Å². The van der Waals surface area contributed by atoms with Gasteiger partial charge in [-0.15, -0.1) is 10.2 Å². The Morgan fingerprint density at radius 2 is 2.18 bits per heavy atom. The van der Waals surface area contributed by atoms with Crippen LogP contribution in [-0.4, -0.2) is 36.6 Å². The molecule has 1 aliphatic carbocycles. The maximum atomic E-state index is 5.99. The van der Waals surface area contributed by atoms with Crippen molar-refractivity contribution in [3.8, 4) is 5.88 Å². The maximum absolute atomic E-state index is 5.99. The lowest BCUT2D eigenvalue weighted by Crippen LogP contribution is -2.07. The number of ether oxygens (including phenoxy) is 1. The number of fused-ring (bicyclic) bond motifs is 1. The minimum absolute atomic E-state index is 0.520. The summed E-state index contributed by atoms with van der Waals surface area (Å²) in [7, 11) is 0. The highest BCUT2D eigenvalue weighted by molar-refractivity contribution is 7.11. The molecule has 9 heteroatoms. The van der Waals surface area contributed by atoms with Crippen LogP contribution in [0.3, 0.4) is 0 Å². The number of anilines is 1. The van der Waals surface area contributed by atoms with E-state index in [4.69, 9.17) is 9.84 Å². The van der Waals surface area contributed by atoms with Gasteiger partial charge in [0.05, 0.1) is 18.8 Å². The molecule has 0 aromatic carbocycles. The van der Waals surface area contributed by atoms with E-state index in [-0.39, 0.29) is 0 Å². The molecule has 0 radical (unpaired) electrons. The highest BCUT2D eigenvalue weighted by Gasteiger charge is 2.41. The average molecular weight is 398 g/mol. The van der Waals surface area contributed by atoms with E-state index in [0.717, 1.165) is 35.2 Å². The molecule has 0 bridgehead atoms. The highest BCUT2D eigenvalue weighted by Crippen LogP contribution is 2.47. The lowest BCUT2D eigenvalue weighted by Gasteiger charge is -2.09. The standard InChI is InChI=1S/C19H23N7OS/c1-11-21-17(20-9-19-24-23-12(2)28-19)8-18(22-11)27-10-13-6-15(13)16-7-14-4-3-5-26(14)25-16/h7-8,13,15H,3-6,9-10H2,1-2H3,(H,20,21,22). The second kappa shape index (κ2) is 7.12. The van der Waals surface area contributed by atoms with E-state index >= 15 is 0 Å². The van der Waals surface area contributed by atoms with E-state index in [1.807, 2.05) is 19.9 Å². The Labute approximate surface area is 167 Å². The third-order valence-electron chi connectivity index (χ3n) is 5.24. The van der Waals surface area contributed by atoms with Crippen molar-refractivity contribution in [3.63, 3.8) is 0 Å². The van der Waals surface area contributed by atoms with Crippen LogP contribution in [0.15, 0.2) is 12.1 Å². The van der Waals surface area contributed by atoms with Crippen molar-refractivity contribution >= 4 is 17.2 Å². The fraction of sp³-hybridized carbons (Fsp3) is 0.526. The molecule has 0 saturated heterocycles. The zero-order chi connectivity index (χ0) is 19.1. The van der Waals surface area contributed by atoms with Crippen LogP contribution >= 0.6 is 11.3 Å². The number of aromatic nitrogens is 6. The molecule has 0 spiro atoms. The number of hydrogen-bond donors (Lipinski definition) is 1. The van der Waals surface area contributed by atoms with Crippen LogP contribution in [0.25, 0.3) is 0 Å². The van der Waals surface area contributed by atoms with Crippen LogP contribution in [-0.2, 0) is 19.5 Å². The largest absolute Gasteiger partial charge is 0.477 e. The Morgan fingerprint density at radius 1 is 1.25 bits per heavy atom. The third kappa shape index (κ3) is 3.71. The van der Waals surface area contributed by atoms with E-state index < -0.39 is 0 Å². The van der Waals surface area contributed by atoms with Crippen molar-refractivity contribution in [2.24, 2.45) is 5.92 Å². The Bertz CT molecular complexity index is 977. The summed E-state index contributed by atoms with van der Waals surface area (Å²) in [5.41, 5.74) is 2.62. The molecule has 1 aliphatic heterocycles. The SMILES string of the molecule is Cc1nc(NCc2nnc(C)s2)cc(OCC2CC2c2cc3n(n2)CCC3)n1. The fourth-order valence-electron chi connectivity index (χ4n) is 3.73. The van der Waals surface area contributed by atoms with Gasteiger partial charge in [0, 0.05) is 30.1 Å². The first-order chi connectivity index (χ1) is 13.6. The molecule has 2 atom stereocenters. The number of nitrogens with zero attached hydrogens (tertiary/aromatic N) is 6. The summed E-state index contributed by atoms with van der Waals surface area (Å²) in [5, 5.41) is 18.1. The Morgan fingerprint density at radius 3 is 3.00 bits per heavy atom. The first-order valence-corrected chi connectivity index (χ1v) is 10.5. The number of rotatable bonds is 7. The monoisotopic (exact) mass is 397 g/mol. The van der Waals surface area contributed by atoms with Crippen molar-refractivity contribution in [1.82, 2.24) is 29.9 Å². The maximum Gasteiger partial charge on any atom is 0.218 e. The van der Waals surface area contributed by atoms with Gasteiger partial charge in [0.25, 0.3) is 0 Å². The molecule has 0 amide bonds. The van der Waals surface area contributed by atoms with Gasteiger partial charge in [-0.05, 0) is 39.2 Å². The predicted octanol–water partition coefficient (Wildman–Crippen LogP) is 2.88. The summed E-state index contributed by atoms with van der Waals surface area (Å²) in [5.74, 6) is 3.09. The summed E-state index contributed by atoms with van der Waals surface area (Å²) in [6.45, 7) is 6.15. The van der Waals surface area contributed by atoms with Crippen LogP contribution in [0.2, 0.25) is 0 Å². The Balaban J connectivity index is 1.17. The average Bonchev–Trinajstić information content (AvgIpc) is 2.95. The molecular formula is C19H23N7OS. The molecule has 1 N–H and O–H groups in total. The first kappa shape index (κ1) is 17.5. The molecule has 5 rings (SSSR count). The zero-order valence-electron chi connectivity index (χ0n) is 16.1. The van der Waals surface area contributed by atoms with E-state index in [2.05, 4.69) is 36.2 Å². The predicted molar refractivity (Wildman–Crippen MR) is 106 cm³/mol. The van der Waals surface area contributed by atoms with Gasteiger partial charge in [0.2, 0.25) is 5.88 Å². The smallest absolute Gasteiger partial charge is 0.218 e. The van der Waals surface area contributed by atoms with Gasteiger partial charge in [-0.1, -0.05) is 11.3 Å². The van der Waals surface area contributed by atoms with Gasteiger partial charge in [0.1, 0.15) is 21.7 Å². The second-order valence-electron chi connectivity index (χ2n) is 7.51. The molecule has 8 nitrogen and oxygen atoms in total. The van der Waals surface area contributed by atoms with Crippen LogP contribution < -0.4 is 10.1 Å². The Hall–Kier alpha value is -2.55. The zero-order valence-corrected chi connectivity index (χ0v) is 16.9. The third-order valence-corrected chi connectivity index (χ3v) is 6.07. The number of aryl methyl sites for hydroxylation is 4. The van der Waals surface area contributed by atoms with Crippen molar-refractivity contribution in [2.45, 2.75) is 52.1 Å². The number of nitrogens with one attached hydrogen (secondary N) is 1. The second-order valence-corrected chi connectivity index (χ2v) is 8.77. The molecule has 28 heavy (non-hydrogen) atoms. The van der Waals surface area contributed by atoms with Crippen LogP contribution in [0.4, 0.5) is 5.82 Å². The fourth-order valence-corrected chi connectivity index (χ4v) is 4.38. The molecular weight excluding hydrogens is 374 g/mol. The molecule has 1 saturated carbocycles. The topological polar surface area (TPSA) is 90.6 Å². The molecule has 3 aromatic rings. The van der Waals surface area contributed by atoms with Crippen molar-refractivity contribution in [2.75, 3.05) is 11.9 Å². The van der Waals surface area contributed by atoms with Gasteiger partial charge in [-0.25, -0.2) is 4.98 Å². The van der Waals surface area contributed by atoms with E-state index in [9.17, 15) is 0 Å². The molecule has 1 fully saturated rings. The molecule has 146 valence electrons. The minimum atomic E-state index is 0.520. The van der Waals surface area contributed by atoms with Crippen molar-refractivity contribution in [1.29, 1.82) is 0 Å². The molecule has 2 aliphatic rings. The summed E-state index contributed by atoms with van der Waals surface area (Å²) >= 11 is 1.58. The molecule has 2 unspecified atom stereocenters. The van der Waals surface area contributed by atoms with Gasteiger partial charge in [-0.3, -0.25) is 4.68 Å². The quantitative estimate of drug-likeness (QED) is 0.655. The number of hydrogen-bond acceptors (Lipinski definition) is 8. The van der Waals surface area contributed by atoms with Gasteiger partial charge in [-0.2, -0.15) is 10.1 Å². The lowest BCUT2D eigenvalue weighted by atomic mass is 10.2. The molecule has 4 heterocycles. The minimum Gasteiger partial charge on any atom is -0.477 e. The first-order valence-electron chi connectivity index (χ1n) is 9.72. The van der Waals surface area contributed by atoms with Gasteiger partial charge >= 0.3 is 0 Å². The van der Waals surface area contributed by atoms with Crippen molar-refractivity contribution < 1.29 is 4.74 Å². The van der Waals surface area contributed by atoms with Crippen molar-refractivity contribution in [3.05, 3.63) is 39.4 Å². The highest BCUT2D eigenvalue weighted by atomic mass is 32.1. The lowest BCUT2D eigenvalue weighted by molar-refractivity contribution is 0.284. The van der Waals surface area contributed by atoms with Crippen LogP contribution in [0.5, 0.6) is 5.88 Å². The van der Waals surface area contributed by atoms with E-state index in [1.165, 1.54) is 17.8 Å². The van der Waals surface area contributed by atoms with E-state index in [0.29, 0.717) is 36.7 Å². The summed E-state index contributed by atoms with van der Waals surface area (Å²) in [6.07, 6.45) is 3.53. The summed E-state index contributed by atoms with van der Waals surface area (Å²) in [6, 6.07) is 4.13. The van der Waals surface area contributed by atoms with Gasteiger partial charge < -0.3 is 10.1 Å². The summed E-state index contributed by atoms with van der Waals surface area (Å²) < 4.78 is 8.15. The van der Waals surface area contributed by atoms with Crippen LogP contribution in [0.1, 0.15) is 46.0 Å². The van der Waals surface area contributed by atoms with Crippen LogP contribution in [0, 0.1) is 19.8 Å². The Kier molecular flexibility index (Phi) is 4.46. The van der Waals surface area contributed by atoms with E-state index in [1.54, 1.807) is 11.3 Å². The molecule has 3 aromatic heterocycles.